The molecule has 138 valence electrons. The average molecular weight is 446 g/mol. The zero-order chi connectivity index (χ0) is 19.2. The number of hydrogen-bond donors (Lipinski definition) is 0. The van der Waals surface area contributed by atoms with E-state index in [2.05, 4.69) is 131 Å². The van der Waals surface area contributed by atoms with Crippen LogP contribution in [0.5, 0.6) is 0 Å². The largest absolute Gasteiger partial charge is 0.116 e. The minimum atomic E-state index is -1.81. The Balaban J connectivity index is 1.95. The second-order valence-corrected chi connectivity index (χ2v) is 11.0. The van der Waals surface area contributed by atoms with Crippen LogP contribution in [0, 0.1) is 0 Å². The Labute approximate surface area is 176 Å². The van der Waals surface area contributed by atoms with Gasteiger partial charge in [0.05, 0.1) is 6.16 Å². The van der Waals surface area contributed by atoms with E-state index < -0.39 is 7.26 Å². The molecule has 0 saturated carbocycles. The first kappa shape index (κ1) is 19.1. The molecule has 28 heavy (non-hydrogen) atoms. The minimum absolute atomic E-state index is 0.892. The highest BCUT2D eigenvalue weighted by atomic mass is 79.9. The lowest BCUT2D eigenvalue weighted by Crippen LogP contribution is -2.32. The molecule has 0 aliphatic heterocycles. The molecule has 2 heteroatoms. The van der Waals surface area contributed by atoms with E-state index in [1.807, 2.05) is 0 Å². The molecule has 4 rings (SSSR count). The molecule has 4 aromatic carbocycles. The van der Waals surface area contributed by atoms with Crippen molar-refractivity contribution in [2.75, 3.05) is 0 Å². The average Bonchev–Trinajstić information content (AvgIpc) is 2.80. The van der Waals surface area contributed by atoms with Crippen molar-refractivity contribution in [2.45, 2.75) is 11.5 Å². The quantitative estimate of drug-likeness (QED) is 0.249. The van der Waals surface area contributed by atoms with Crippen LogP contribution in [-0.4, -0.2) is 0 Å². The number of halogens is 1. The van der Waals surface area contributed by atoms with E-state index in [9.17, 15) is 0 Å². The molecule has 0 radical (unpaired) electrons. The summed E-state index contributed by atoms with van der Waals surface area (Å²) in [6.45, 7) is 0. The van der Waals surface area contributed by atoms with Gasteiger partial charge in [0.2, 0.25) is 0 Å². The fourth-order valence-corrected chi connectivity index (χ4v) is 8.39. The first-order valence-corrected chi connectivity index (χ1v) is 12.6. The fraction of sp³-hybridized carbons (Fsp3) is 0.0769. The smallest absolute Gasteiger partial charge is 0.0876 e. The van der Waals surface area contributed by atoms with Crippen molar-refractivity contribution in [1.82, 2.24) is 0 Å². The molecule has 0 aliphatic rings. The molecular weight excluding hydrogens is 423 g/mol. The van der Waals surface area contributed by atoms with Crippen LogP contribution >= 0.6 is 23.2 Å². The van der Waals surface area contributed by atoms with Crippen molar-refractivity contribution in [1.29, 1.82) is 0 Å². The molecule has 0 aliphatic carbocycles. The molecule has 0 amide bonds. The molecule has 4 aromatic rings. The van der Waals surface area contributed by atoms with Gasteiger partial charge in [-0.1, -0.05) is 94.8 Å². The highest BCUT2D eigenvalue weighted by Crippen LogP contribution is 2.58. The Bertz CT molecular complexity index is 900. The van der Waals surface area contributed by atoms with Crippen molar-refractivity contribution < 1.29 is 0 Å². The summed E-state index contributed by atoms with van der Waals surface area (Å²) in [4.78, 5) is 0. The summed E-state index contributed by atoms with van der Waals surface area (Å²) in [6.07, 6.45) is 1.02. The number of rotatable bonds is 6. The van der Waals surface area contributed by atoms with Gasteiger partial charge in [-0.25, -0.2) is 0 Å². The van der Waals surface area contributed by atoms with Gasteiger partial charge in [0.15, 0.2) is 0 Å². The Morgan fingerprint density at radius 2 is 0.821 bits per heavy atom. The summed E-state index contributed by atoms with van der Waals surface area (Å²) >= 11 is 3.56. The van der Waals surface area contributed by atoms with Crippen molar-refractivity contribution in [3.63, 3.8) is 0 Å². The fourth-order valence-electron chi connectivity index (χ4n) is 3.78. The van der Waals surface area contributed by atoms with Gasteiger partial charge in [0.25, 0.3) is 0 Å². The standard InChI is InChI=1S/C26H23BrP/c27-20-22-16-18-23(19-17-22)21-28(24-10-4-1-5-11-24,25-12-6-2-7-13-25)26-14-8-3-9-15-26/h1-19H,20-21H2/q+1. The molecule has 0 atom stereocenters. The lowest BCUT2D eigenvalue weighted by Gasteiger charge is -2.28. The molecule has 0 N–H and O–H groups in total. The lowest BCUT2D eigenvalue weighted by atomic mass is 10.2. The third-order valence-corrected chi connectivity index (χ3v) is 10.2. The maximum absolute atomic E-state index is 3.56. The van der Waals surface area contributed by atoms with Gasteiger partial charge >= 0.3 is 0 Å². The molecule has 0 saturated heterocycles. The predicted octanol–water partition coefficient (Wildman–Crippen LogP) is 6.08. The highest BCUT2D eigenvalue weighted by molar-refractivity contribution is 9.08. The molecular formula is C26H23BrP+. The first-order chi connectivity index (χ1) is 13.8. The van der Waals surface area contributed by atoms with E-state index in [1.165, 1.54) is 27.0 Å². The lowest BCUT2D eigenvalue weighted by molar-refractivity contribution is 1.34. The van der Waals surface area contributed by atoms with E-state index in [0.29, 0.717) is 0 Å². The van der Waals surface area contributed by atoms with Gasteiger partial charge in [-0.15, -0.1) is 0 Å². The van der Waals surface area contributed by atoms with Gasteiger partial charge in [-0.3, -0.25) is 0 Å². The third kappa shape index (κ3) is 3.83. The topological polar surface area (TPSA) is 0 Å². The third-order valence-electron chi connectivity index (χ3n) is 5.19. The molecule has 0 bridgehead atoms. The van der Waals surface area contributed by atoms with Crippen LogP contribution in [-0.2, 0) is 11.5 Å². The zero-order valence-corrected chi connectivity index (χ0v) is 18.2. The summed E-state index contributed by atoms with van der Waals surface area (Å²) in [6, 6.07) is 42.2. The van der Waals surface area contributed by atoms with Gasteiger partial charge in [-0.2, -0.15) is 0 Å². The van der Waals surface area contributed by atoms with Gasteiger partial charge < -0.3 is 0 Å². The Morgan fingerprint density at radius 3 is 1.18 bits per heavy atom. The maximum Gasteiger partial charge on any atom is 0.116 e. The monoisotopic (exact) mass is 445 g/mol. The summed E-state index contributed by atoms with van der Waals surface area (Å²) in [5.41, 5.74) is 2.70. The van der Waals surface area contributed by atoms with Crippen molar-refractivity contribution in [3.05, 3.63) is 126 Å². The normalized spacial score (nSPS) is 11.3. The zero-order valence-electron chi connectivity index (χ0n) is 15.7. The predicted molar refractivity (Wildman–Crippen MR) is 128 cm³/mol. The minimum Gasteiger partial charge on any atom is -0.0876 e. The van der Waals surface area contributed by atoms with Crippen LogP contribution in [0.2, 0.25) is 0 Å². The van der Waals surface area contributed by atoms with Crippen molar-refractivity contribution in [2.24, 2.45) is 0 Å². The first-order valence-electron chi connectivity index (χ1n) is 9.51. The number of hydrogen-bond acceptors (Lipinski definition) is 0. The maximum atomic E-state index is 3.56. The molecule has 0 spiro atoms. The summed E-state index contributed by atoms with van der Waals surface area (Å²) in [5, 5.41) is 5.18. The number of alkyl halides is 1. The van der Waals surface area contributed by atoms with Gasteiger partial charge in [0.1, 0.15) is 23.2 Å². The summed E-state index contributed by atoms with van der Waals surface area (Å²) in [5.74, 6) is 0. The SMILES string of the molecule is BrCc1ccc(C[P+](c2ccccc2)(c2ccccc2)c2ccccc2)cc1. The van der Waals surface area contributed by atoms with Crippen LogP contribution in [0.15, 0.2) is 115 Å². The van der Waals surface area contributed by atoms with Crippen LogP contribution in [0.25, 0.3) is 0 Å². The van der Waals surface area contributed by atoms with Gasteiger partial charge in [-0.05, 0) is 47.5 Å². The second-order valence-electron chi connectivity index (χ2n) is 6.92. The summed E-state index contributed by atoms with van der Waals surface area (Å²) < 4.78 is 0. The van der Waals surface area contributed by atoms with E-state index in [1.54, 1.807) is 0 Å². The van der Waals surface area contributed by atoms with Crippen LogP contribution < -0.4 is 15.9 Å². The molecule has 0 heterocycles. The van der Waals surface area contributed by atoms with E-state index >= 15 is 0 Å². The van der Waals surface area contributed by atoms with Crippen molar-refractivity contribution in [3.8, 4) is 0 Å². The van der Waals surface area contributed by atoms with Gasteiger partial charge in [0, 0.05) is 5.33 Å². The van der Waals surface area contributed by atoms with Crippen LogP contribution in [0.1, 0.15) is 11.1 Å². The van der Waals surface area contributed by atoms with Crippen LogP contribution in [0.3, 0.4) is 0 Å². The highest BCUT2D eigenvalue weighted by Gasteiger charge is 2.45. The summed E-state index contributed by atoms with van der Waals surface area (Å²) in [7, 11) is -1.81. The second kappa shape index (κ2) is 8.86. The van der Waals surface area contributed by atoms with E-state index in [4.69, 9.17) is 0 Å². The number of benzene rings is 4. The molecule has 0 aromatic heterocycles. The Kier molecular flexibility index (Phi) is 6.05. The Hall–Kier alpha value is -2.21. The Morgan fingerprint density at radius 1 is 0.464 bits per heavy atom. The van der Waals surface area contributed by atoms with E-state index in [0.717, 1.165) is 11.5 Å². The van der Waals surface area contributed by atoms with E-state index in [-0.39, 0.29) is 0 Å². The van der Waals surface area contributed by atoms with Crippen LogP contribution in [0.4, 0.5) is 0 Å². The molecule has 0 nitrogen and oxygen atoms in total. The molecule has 0 fully saturated rings. The van der Waals surface area contributed by atoms with Crippen molar-refractivity contribution >= 4 is 39.1 Å². The molecule has 0 unspecified atom stereocenters.